The Balaban J connectivity index is 1.29. The lowest BCUT2D eigenvalue weighted by Gasteiger charge is -2.38. The van der Waals surface area contributed by atoms with Gasteiger partial charge in [-0.1, -0.05) is 96.9 Å². The van der Waals surface area contributed by atoms with Crippen LogP contribution < -0.4 is 14.2 Å². The van der Waals surface area contributed by atoms with Crippen LogP contribution in [0.1, 0.15) is 134 Å². The predicted octanol–water partition coefficient (Wildman–Crippen LogP) is 11.7. The molecular weight excluding hydrogens is 568 g/mol. The first-order chi connectivity index (χ1) is 21.9. The zero-order valence-corrected chi connectivity index (χ0v) is 30.3. The topological polar surface area (TPSA) is 44.8 Å². The largest absolute Gasteiger partial charge is 0.497 e. The molecule has 1 aliphatic heterocycles. The Morgan fingerprint density at radius 3 is 2.15 bits per heavy atom. The molecule has 0 saturated carbocycles. The van der Waals surface area contributed by atoms with Gasteiger partial charge in [-0.25, -0.2) is 0 Å². The summed E-state index contributed by atoms with van der Waals surface area (Å²) in [5.74, 6) is 4.28. The van der Waals surface area contributed by atoms with Gasteiger partial charge >= 0.3 is 5.97 Å². The van der Waals surface area contributed by atoms with Crippen molar-refractivity contribution in [2.45, 2.75) is 138 Å². The van der Waals surface area contributed by atoms with E-state index in [2.05, 4.69) is 54.5 Å². The second kappa shape index (κ2) is 16.2. The molecular formula is C42H60O4. The highest BCUT2D eigenvalue weighted by atomic mass is 16.5. The zero-order valence-electron chi connectivity index (χ0n) is 30.3. The number of rotatable bonds is 16. The Labute approximate surface area is 279 Å². The third-order valence-corrected chi connectivity index (χ3v) is 10.5. The monoisotopic (exact) mass is 628 g/mol. The standard InChI is InChI=1S/C42H60O4/c1-28(2)13-10-14-29(3)15-11-16-30(4)17-12-23-42(8)24-22-38-33(7)39(25-31(5)40(38)46-42)45-41(43)32(6)34-18-19-36-27-37(44-9)21-20-35(36)26-34/h18-21,25-30,32H,10-17,22-24H2,1-9H3. The minimum absolute atomic E-state index is 0.151. The minimum Gasteiger partial charge on any atom is -0.497 e. The number of methoxy groups -OCH3 is 1. The quantitative estimate of drug-likeness (QED) is 0.117. The van der Waals surface area contributed by atoms with Crippen molar-refractivity contribution in [2.75, 3.05) is 7.11 Å². The fraction of sp³-hybridized carbons (Fsp3) is 0.595. The number of benzene rings is 3. The summed E-state index contributed by atoms with van der Waals surface area (Å²) in [6, 6.07) is 14.1. The van der Waals surface area contributed by atoms with Crippen LogP contribution in [0.3, 0.4) is 0 Å². The lowest BCUT2D eigenvalue weighted by molar-refractivity contribution is -0.135. The summed E-state index contributed by atoms with van der Waals surface area (Å²) in [5, 5.41) is 2.16. The number of ether oxygens (including phenoxy) is 3. The van der Waals surface area contributed by atoms with Crippen LogP contribution >= 0.6 is 0 Å². The molecule has 0 bridgehead atoms. The van der Waals surface area contributed by atoms with Crippen molar-refractivity contribution >= 4 is 16.7 Å². The summed E-state index contributed by atoms with van der Waals surface area (Å²) in [5.41, 5.74) is 4.03. The highest BCUT2D eigenvalue weighted by molar-refractivity contribution is 5.87. The molecule has 0 saturated heterocycles. The van der Waals surface area contributed by atoms with Crippen molar-refractivity contribution in [3.05, 3.63) is 64.7 Å². The predicted molar refractivity (Wildman–Crippen MR) is 193 cm³/mol. The van der Waals surface area contributed by atoms with Crippen LogP contribution in [0.15, 0.2) is 42.5 Å². The number of fused-ring (bicyclic) bond motifs is 2. The maximum Gasteiger partial charge on any atom is 0.318 e. The van der Waals surface area contributed by atoms with Crippen molar-refractivity contribution in [1.82, 2.24) is 0 Å². The Morgan fingerprint density at radius 2 is 1.48 bits per heavy atom. The minimum atomic E-state index is -0.387. The van der Waals surface area contributed by atoms with E-state index in [1.165, 1.54) is 56.9 Å². The molecule has 1 heterocycles. The molecule has 3 aromatic carbocycles. The molecule has 4 rings (SSSR count). The molecule has 0 radical (unpaired) electrons. The van der Waals surface area contributed by atoms with E-state index in [0.29, 0.717) is 5.75 Å². The first-order valence-corrected chi connectivity index (χ1v) is 18.0. The van der Waals surface area contributed by atoms with Gasteiger partial charge < -0.3 is 14.2 Å². The molecule has 4 unspecified atom stereocenters. The van der Waals surface area contributed by atoms with Crippen molar-refractivity contribution in [2.24, 2.45) is 17.8 Å². The van der Waals surface area contributed by atoms with Gasteiger partial charge in [0, 0.05) is 5.56 Å². The molecule has 4 atom stereocenters. The van der Waals surface area contributed by atoms with Crippen LogP contribution in [0.4, 0.5) is 0 Å². The van der Waals surface area contributed by atoms with E-state index in [9.17, 15) is 4.79 Å². The van der Waals surface area contributed by atoms with Crippen LogP contribution in [0, 0.1) is 31.6 Å². The summed E-state index contributed by atoms with van der Waals surface area (Å²) < 4.78 is 18.2. The van der Waals surface area contributed by atoms with E-state index in [4.69, 9.17) is 14.2 Å². The second-order valence-electron chi connectivity index (χ2n) is 15.1. The molecule has 0 aromatic heterocycles. The molecule has 1 aliphatic rings. The van der Waals surface area contributed by atoms with Crippen LogP contribution in [0.2, 0.25) is 0 Å². The average molecular weight is 629 g/mol. The summed E-state index contributed by atoms with van der Waals surface area (Å²) in [6.07, 6.45) is 13.7. The second-order valence-corrected chi connectivity index (χ2v) is 15.1. The van der Waals surface area contributed by atoms with Gasteiger partial charge in [0.05, 0.1) is 13.0 Å². The van der Waals surface area contributed by atoms with Gasteiger partial charge in [0.1, 0.15) is 22.8 Å². The molecule has 46 heavy (non-hydrogen) atoms. The third-order valence-electron chi connectivity index (χ3n) is 10.5. The number of hydrogen-bond donors (Lipinski definition) is 0. The number of carbonyl (C=O) groups excluding carboxylic acids is 1. The summed E-state index contributed by atoms with van der Waals surface area (Å²) >= 11 is 0. The van der Waals surface area contributed by atoms with Crippen LogP contribution in [0.5, 0.6) is 17.2 Å². The SMILES string of the molecule is COc1ccc2cc(C(C)C(=O)Oc3cc(C)c4c(c3C)CCC(C)(CCCC(C)CCCC(C)CCCC(C)C)O4)ccc2c1. The van der Waals surface area contributed by atoms with E-state index < -0.39 is 0 Å². The first kappa shape index (κ1) is 35.8. The van der Waals surface area contributed by atoms with Crippen LogP contribution in [0.25, 0.3) is 10.8 Å². The highest BCUT2D eigenvalue weighted by Crippen LogP contribution is 2.43. The Hall–Kier alpha value is -3.01. The summed E-state index contributed by atoms with van der Waals surface area (Å²) in [4.78, 5) is 13.3. The van der Waals surface area contributed by atoms with Gasteiger partial charge in [0.25, 0.3) is 0 Å². The van der Waals surface area contributed by atoms with E-state index in [1.807, 2.05) is 43.3 Å². The summed E-state index contributed by atoms with van der Waals surface area (Å²) in [7, 11) is 1.67. The maximum atomic E-state index is 13.3. The number of aryl methyl sites for hydroxylation is 1. The van der Waals surface area contributed by atoms with Crippen molar-refractivity contribution in [1.29, 1.82) is 0 Å². The van der Waals surface area contributed by atoms with Crippen molar-refractivity contribution < 1.29 is 19.0 Å². The van der Waals surface area contributed by atoms with Gasteiger partial charge in [-0.15, -0.1) is 0 Å². The van der Waals surface area contributed by atoms with Crippen molar-refractivity contribution in [3.63, 3.8) is 0 Å². The fourth-order valence-corrected chi connectivity index (χ4v) is 7.11. The molecule has 4 heteroatoms. The highest BCUT2D eigenvalue weighted by Gasteiger charge is 2.34. The maximum absolute atomic E-state index is 13.3. The van der Waals surface area contributed by atoms with E-state index in [-0.39, 0.29) is 17.5 Å². The van der Waals surface area contributed by atoms with Crippen molar-refractivity contribution in [3.8, 4) is 17.2 Å². The Kier molecular flexibility index (Phi) is 12.6. The van der Waals surface area contributed by atoms with E-state index >= 15 is 0 Å². The van der Waals surface area contributed by atoms with Crippen LogP contribution in [-0.2, 0) is 11.2 Å². The Morgan fingerprint density at radius 1 is 0.848 bits per heavy atom. The smallest absolute Gasteiger partial charge is 0.318 e. The Bertz CT molecular complexity index is 1460. The van der Waals surface area contributed by atoms with Gasteiger partial charge in [-0.3, -0.25) is 4.79 Å². The third kappa shape index (κ3) is 9.52. The first-order valence-electron chi connectivity index (χ1n) is 18.0. The average Bonchev–Trinajstić information content (AvgIpc) is 3.02. The number of hydrogen-bond acceptors (Lipinski definition) is 4. The molecule has 252 valence electrons. The van der Waals surface area contributed by atoms with Gasteiger partial charge in [0.2, 0.25) is 0 Å². The van der Waals surface area contributed by atoms with Gasteiger partial charge in [0.15, 0.2) is 0 Å². The molecule has 4 nitrogen and oxygen atoms in total. The van der Waals surface area contributed by atoms with Gasteiger partial charge in [-0.05, 0) is 117 Å². The molecule has 3 aromatic rings. The van der Waals surface area contributed by atoms with E-state index in [1.54, 1.807) is 7.11 Å². The lowest BCUT2D eigenvalue weighted by atomic mass is 9.84. The normalized spacial score (nSPS) is 18.1. The number of carbonyl (C=O) groups is 1. The number of esters is 1. The fourth-order valence-electron chi connectivity index (χ4n) is 7.11. The molecule has 0 aliphatic carbocycles. The molecule has 0 fully saturated rings. The molecule has 0 amide bonds. The zero-order chi connectivity index (χ0) is 33.4. The molecule has 0 N–H and O–H groups in total. The molecule has 0 spiro atoms. The van der Waals surface area contributed by atoms with E-state index in [0.717, 1.165) is 76.0 Å². The summed E-state index contributed by atoms with van der Waals surface area (Å²) in [6.45, 7) is 17.9. The lowest BCUT2D eigenvalue weighted by Crippen LogP contribution is -2.37. The van der Waals surface area contributed by atoms with Gasteiger partial charge in [-0.2, -0.15) is 0 Å². The van der Waals surface area contributed by atoms with Crippen LogP contribution in [-0.4, -0.2) is 18.7 Å².